The van der Waals surface area contributed by atoms with Gasteiger partial charge in [-0.1, -0.05) is 36.4 Å². The highest BCUT2D eigenvalue weighted by Gasteiger charge is 2.26. The highest BCUT2D eigenvalue weighted by molar-refractivity contribution is 7.26. The molecule has 0 amide bonds. The zero-order valence-corrected chi connectivity index (χ0v) is 9.76. The molecule has 4 rings (SSSR count). The number of thiophene rings is 1. The van der Waals surface area contributed by atoms with Crippen molar-refractivity contribution in [2.24, 2.45) is 0 Å². The Balaban J connectivity index is 2.18. The van der Waals surface area contributed by atoms with Crippen molar-refractivity contribution in [2.75, 3.05) is 0 Å². The number of rotatable bonds is 1. The first kappa shape index (κ1) is 8.77. The van der Waals surface area contributed by atoms with E-state index in [0.717, 1.165) is 5.92 Å². The Morgan fingerprint density at radius 1 is 0.875 bits per heavy atom. The maximum atomic E-state index is 2.31. The minimum absolute atomic E-state index is 0.844. The molecule has 1 heteroatoms. The molecule has 1 aliphatic rings. The van der Waals surface area contributed by atoms with Crippen LogP contribution in [0.4, 0.5) is 0 Å². The van der Waals surface area contributed by atoms with Gasteiger partial charge in [0.2, 0.25) is 0 Å². The fourth-order valence-electron chi connectivity index (χ4n) is 2.48. The lowest BCUT2D eigenvalue weighted by molar-refractivity contribution is 1.16. The average molecular weight is 224 g/mol. The van der Waals surface area contributed by atoms with E-state index in [2.05, 4.69) is 42.5 Å². The molecular formula is C15H12S. The molecule has 3 aromatic rings. The second kappa shape index (κ2) is 3.08. The molecule has 0 saturated heterocycles. The van der Waals surface area contributed by atoms with Crippen molar-refractivity contribution in [3.8, 4) is 0 Å². The topological polar surface area (TPSA) is 0 Å². The van der Waals surface area contributed by atoms with Gasteiger partial charge in [-0.3, -0.25) is 0 Å². The molecule has 1 aromatic heterocycles. The quantitative estimate of drug-likeness (QED) is 0.549. The first-order valence-electron chi connectivity index (χ1n) is 5.83. The molecule has 0 nitrogen and oxygen atoms in total. The normalized spacial score (nSPS) is 16.0. The Morgan fingerprint density at radius 3 is 2.56 bits per heavy atom. The lowest BCUT2D eigenvalue weighted by Gasteiger charge is -1.99. The van der Waals surface area contributed by atoms with Gasteiger partial charge >= 0.3 is 0 Å². The van der Waals surface area contributed by atoms with Gasteiger partial charge in [-0.25, -0.2) is 0 Å². The first-order valence-corrected chi connectivity index (χ1v) is 6.65. The van der Waals surface area contributed by atoms with Crippen LogP contribution in [0.2, 0.25) is 0 Å². The Morgan fingerprint density at radius 2 is 1.69 bits per heavy atom. The number of hydrogen-bond donors (Lipinski definition) is 0. The Hall–Kier alpha value is -1.34. The predicted molar refractivity (Wildman–Crippen MR) is 71.3 cm³/mol. The van der Waals surface area contributed by atoms with Crippen LogP contribution in [0.3, 0.4) is 0 Å². The molecule has 1 fully saturated rings. The number of benzene rings is 2. The zero-order valence-electron chi connectivity index (χ0n) is 8.94. The summed E-state index contributed by atoms with van der Waals surface area (Å²) in [6.45, 7) is 0. The monoisotopic (exact) mass is 224 g/mol. The minimum atomic E-state index is 0.844. The van der Waals surface area contributed by atoms with Crippen LogP contribution < -0.4 is 0 Å². The van der Waals surface area contributed by atoms with Crippen molar-refractivity contribution in [1.82, 2.24) is 0 Å². The molecule has 1 heterocycles. The third kappa shape index (κ3) is 1.15. The summed E-state index contributed by atoms with van der Waals surface area (Å²) in [5.41, 5.74) is 1.58. The van der Waals surface area contributed by atoms with E-state index < -0.39 is 0 Å². The van der Waals surface area contributed by atoms with Crippen LogP contribution in [0.15, 0.2) is 42.5 Å². The SMILES string of the molecule is c1ccc2c(c1)sc1c(C3CC3)cccc12. The summed E-state index contributed by atoms with van der Waals surface area (Å²) in [6, 6.07) is 15.5. The Bertz CT molecular complexity index is 674. The average Bonchev–Trinajstić information content (AvgIpc) is 3.09. The second-order valence-electron chi connectivity index (χ2n) is 4.60. The van der Waals surface area contributed by atoms with Gasteiger partial charge in [-0.05, 0) is 30.4 Å². The van der Waals surface area contributed by atoms with E-state index in [-0.39, 0.29) is 0 Å². The number of hydrogen-bond acceptors (Lipinski definition) is 1. The summed E-state index contributed by atoms with van der Waals surface area (Å²) >= 11 is 1.96. The van der Waals surface area contributed by atoms with Gasteiger partial charge in [0.1, 0.15) is 0 Å². The van der Waals surface area contributed by atoms with Crippen LogP contribution in [0.5, 0.6) is 0 Å². The van der Waals surface area contributed by atoms with E-state index >= 15 is 0 Å². The molecule has 16 heavy (non-hydrogen) atoms. The van der Waals surface area contributed by atoms with Crippen molar-refractivity contribution >= 4 is 31.5 Å². The third-order valence-electron chi connectivity index (χ3n) is 3.45. The zero-order chi connectivity index (χ0) is 10.5. The van der Waals surface area contributed by atoms with E-state index in [4.69, 9.17) is 0 Å². The summed E-state index contributed by atoms with van der Waals surface area (Å²) in [4.78, 5) is 0. The molecule has 2 aromatic carbocycles. The van der Waals surface area contributed by atoms with E-state index in [1.54, 1.807) is 5.56 Å². The van der Waals surface area contributed by atoms with Gasteiger partial charge in [-0.15, -0.1) is 11.3 Å². The van der Waals surface area contributed by atoms with Crippen LogP contribution in [0, 0.1) is 0 Å². The van der Waals surface area contributed by atoms with Crippen molar-refractivity contribution < 1.29 is 0 Å². The van der Waals surface area contributed by atoms with Crippen LogP contribution in [-0.4, -0.2) is 0 Å². The number of fused-ring (bicyclic) bond motifs is 3. The lowest BCUT2D eigenvalue weighted by atomic mass is 10.1. The standard InChI is InChI=1S/C15H12S/c1-2-7-14-12(4-1)13-6-3-5-11(10-8-9-10)15(13)16-14/h1-7,10H,8-9H2. The van der Waals surface area contributed by atoms with E-state index in [1.807, 2.05) is 11.3 Å². The molecule has 1 saturated carbocycles. The molecular weight excluding hydrogens is 212 g/mol. The van der Waals surface area contributed by atoms with Crippen molar-refractivity contribution in [1.29, 1.82) is 0 Å². The van der Waals surface area contributed by atoms with Gasteiger partial charge < -0.3 is 0 Å². The van der Waals surface area contributed by atoms with Crippen molar-refractivity contribution in [3.05, 3.63) is 48.0 Å². The first-order chi connectivity index (χ1) is 7.93. The third-order valence-corrected chi connectivity index (χ3v) is 4.69. The molecule has 78 valence electrons. The van der Waals surface area contributed by atoms with Crippen LogP contribution in [-0.2, 0) is 0 Å². The van der Waals surface area contributed by atoms with Crippen molar-refractivity contribution in [3.63, 3.8) is 0 Å². The van der Waals surface area contributed by atoms with Crippen molar-refractivity contribution in [2.45, 2.75) is 18.8 Å². The lowest BCUT2D eigenvalue weighted by Crippen LogP contribution is -1.77. The van der Waals surface area contributed by atoms with Crippen LogP contribution >= 0.6 is 11.3 Å². The predicted octanol–water partition coefficient (Wildman–Crippen LogP) is 4.93. The fraction of sp³-hybridized carbons (Fsp3) is 0.200. The largest absolute Gasteiger partial charge is 0.135 e. The van der Waals surface area contributed by atoms with Crippen LogP contribution in [0.25, 0.3) is 20.2 Å². The molecule has 0 aliphatic heterocycles. The van der Waals surface area contributed by atoms with E-state index in [0.29, 0.717) is 0 Å². The Labute approximate surface area is 98.5 Å². The van der Waals surface area contributed by atoms with Gasteiger partial charge in [0.05, 0.1) is 0 Å². The highest BCUT2D eigenvalue weighted by atomic mass is 32.1. The Kier molecular flexibility index (Phi) is 1.69. The maximum absolute atomic E-state index is 2.31. The van der Waals surface area contributed by atoms with Crippen LogP contribution in [0.1, 0.15) is 24.3 Å². The summed E-state index contributed by atoms with van der Waals surface area (Å²) in [5, 5.41) is 2.87. The van der Waals surface area contributed by atoms with Gasteiger partial charge in [0, 0.05) is 20.2 Å². The highest BCUT2D eigenvalue weighted by Crippen LogP contribution is 2.46. The second-order valence-corrected chi connectivity index (χ2v) is 5.65. The smallest absolute Gasteiger partial charge is 0.0390 e. The van der Waals surface area contributed by atoms with Gasteiger partial charge in [-0.2, -0.15) is 0 Å². The van der Waals surface area contributed by atoms with Gasteiger partial charge in [0.15, 0.2) is 0 Å². The molecule has 0 unspecified atom stereocenters. The fourth-order valence-corrected chi connectivity index (χ4v) is 3.78. The molecule has 0 bridgehead atoms. The molecule has 0 atom stereocenters. The van der Waals surface area contributed by atoms with E-state index in [1.165, 1.54) is 33.0 Å². The maximum Gasteiger partial charge on any atom is 0.0390 e. The molecule has 0 N–H and O–H groups in total. The summed E-state index contributed by atoms with van der Waals surface area (Å²) < 4.78 is 2.94. The summed E-state index contributed by atoms with van der Waals surface area (Å²) in [5.74, 6) is 0.844. The molecule has 1 aliphatic carbocycles. The minimum Gasteiger partial charge on any atom is -0.135 e. The van der Waals surface area contributed by atoms with Gasteiger partial charge in [0.25, 0.3) is 0 Å². The summed E-state index contributed by atoms with van der Waals surface area (Å²) in [7, 11) is 0. The molecule has 0 radical (unpaired) electrons. The summed E-state index contributed by atoms with van der Waals surface area (Å²) in [6.07, 6.45) is 2.76. The van der Waals surface area contributed by atoms with E-state index in [9.17, 15) is 0 Å². The molecule has 0 spiro atoms.